The van der Waals surface area contributed by atoms with Crippen molar-refractivity contribution in [2.45, 2.75) is 44.4 Å². The van der Waals surface area contributed by atoms with Crippen LogP contribution in [-0.2, 0) is 6.42 Å². The molecule has 1 aliphatic rings. The summed E-state index contributed by atoms with van der Waals surface area (Å²) in [7, 11) is 1.77. The fourth-order valence-corrected chi connectivity index (χ4v) is 3.69. The molecule has 18 heavy (non-hydrogen) atoms. The van der Waals surface area contributed by atoms with Gasteiger partial charge in [0, 0.05) is 4.83 Å². The number of methoxy groups -OCH3 is 1. The Morgan fingerprint density at radius 2 is 2.11 bits per heavy atom. The lowest BCUT2D eigenvalue weighted by molar-refractivity contribution is 0.291. The minimum absolute atomic E-state index is 0.666. The average molecular weight is 311 g/mol. The van der Waals surface area contributed by atoms with Gasteiger partial charge in [-0.3, -0.25) is 0 Å². The van der Waals surface area contributed by atoms with E-state index in [1.54, 1.807) is 7.11 Å². The maximum atomic E-state index is 5.49. The summed E-state index contributed by atoms with van der Waals surface area (Å²) in [5.41, 5.74) is 2.68. The first-order valence-corrected chi connectivity index (χ1v) is 7.79. The third kappa shape index (κ3) is 3.28. The number of halogens is 1. The van der Waals surface area contributed by atoms with E-state index in [1.807, 2.05) is 0 Å². The lowest BCUT2D eigenvalue weighted by Gasteiger charge is -2.32. The molecule has 0 saturated heterocycles. The van der Waals surface area contributed by atoms with E-state index in [4.69, 9.17) is 4.74 Å². The number of alkyl halides is 1. The van der Waals surface area contributed by atoms with Crippen LogP contribution in [0.3, 0.4) is 0 Å². The monoisotopic (exact) mass is 310 g/mol. The second-order valence-corrected chi connectivity index (χ2v) is 6.89. The molecule has 3 atom stereocenters. The van der Waals surface area contributed by atoms with Crippen molar-refractivity contribution in [1.82, 2.24) is 0 Å². The predicted octanol–water partition coefficient (Wildman–Crippen LogP) is 4.75. The summed E-state index contributed by atoms with van der Waals surface area (Å²) in [5.74, 6) is 2.64. The minimum Gasteiger partial charge on any atom is -0.496 e. The van der Waals surface area contributed by atoms with Crippen molar-refractivity contribution in [2.75, 3.05) is 7.11 Å². The molecule has 0 N–H and O–H groups in total. The molecule has 0 radical (unpaired) electrons. The maximum absolute atomic E-state index is 5.49. The topological polar surface area (TPSA) is 9.23 Å². The molecule has 0 amide bonds. The molecule has 0 bridgehead atoms. The highest BCUT2D eigenvalue weighted by Gasteiger charge is 2.27. The normalized spacial score (nSPS) is 28.1. The molecule has 0 aliphatic heterocycles. The standard InChI is InChI=1S/C16H23BrO/c1-11-4-6-15(17)13(8-11)10-14-9-12(2)5-7-16(14)18-3/h5,7,9,11,13,15H,4,6,8,10H2,1-3H3. The number of benzene rings is 1. The van der Waals surface area contributed by atoms with Crippen molar-refractivity contribution < 1.29 is 4.74 Å². The van der Waals surface area contributed by atoms with Crippen LogP contribution in [0.25, 0.3) is 0 Å². The van der Waals surface area contributed by atoms with Gasteiger partial charge < -0.3 is 4.74 Å². The van der Waals surface area contributed by atoms with Gasteiger partial charge in [0.25, 0.3) is 0 Å². The summed E-state index contributed by atoms with van der Waals surface area (Å²) >= 11 is 3.86. The summed E-state index contributed by atoms with van der Waals surface area (Å²) in [5, 5.41) is 0. The Morgan fingerprint density at radius 3 is 2.83 bits per heavy atom. The van der Waals surface area contributed by atoms with E-state index in [9.17, 15) is 0 Å². The van der Waals surface area contributed by atoms with Gasteiger partial charge in [-0.15, -0.1) is 0 Å². The Labute approximate surface area is 119 Å². The van der Waals surface area contributed by atoms with Crippen molar-refractivity contribution >= 4 is 15.9 Å². The second kappa shape index (κ2) is 6.10. The van der Waals surface area contributed by atoms with Crippen LogP contribution < -0.4 is 4.74 Å². The van der Waals surface area contributed by atoms with Gasteiger partial charge in [-0.25, -0.2) is 0 Å². The zero-order chi connectivity index (χ0) is 13.1. The summed E-state index contributed by atoms with van der Waals surface area (Å²) < 4.78 is 5.49. The summed E-state index contributed by atoms with van der Waals surface area (Å²) in [6.45, 7) is 4.53. The van der Waals surface area contributed by atoms with E-state index in [1.165, 1.54) is 30.4 Å². The van der Waals surface area contributed by atoms with E-state index < -0.39 is 0 Å². The minimum atomic E-state index is 0.666. The first kappa shape index (κ1) is 13.9. The summed E-state index contributed by atoms with van der Waals surface area (Å²) in [4.78, 5) is 0.666. The number of hydrogen-bond acceptors (Lipinski definition) is 1. The van der Waals surface area contributed by atoms with Crippen LogP contribution in [0.15, 0.2) is 18.2 Å². The quantitative estimate of drug-likeness (QED) is 0.732. The lowest BCUT2D eigenvalue weighted by atomic mass is 9.79. The average Bonchev–Trinajstić information content (AvgIpc) is 2.34. The molecule has 100 valence electrons. The number of hydrogen-bond donors (Lipinski definition) is 0. The predicted molar refractivity (Wildman–Crippen MR) is 80.7 cm³/mol. The van der Waals surface area contributed by atoms with Crippen LogP contribution in [0.2, 0.25) is 0 Å². The van der Waals surface area contributed by atoms with Gasteiger partial charge in [0.05, 0.1) is 7.11 Å². The zero-order valence-corrected chi connectivity index (χ0v) is 13.2. The first-order chi connectivity index (χ1) is 8.60. The molecule has 0 heterocycles. The molecule has 1 fully saturated rings. The number of ether oxygens (including phenoxy) is 1. The Kier molecular flexibility index (Phi) is 4.71. The summed E-state index contributed by atoms with van der Waals surface area (Å²) in [6.07, 6.45) is 5.12. The van der Waals surface area contributed by atoms with E-state index in [0.29, 0.717) is 4.83 Å². The van der Waals surface area contributed by atoms with Crippen molar-refractivity contribution in [3.63, 3.8) is 0 Å². The van der Waals surface area contributed by atoms with Crippen LogP contribution >= 0.6 is 15.9 Å². The van der Waals surface area contributed by atoms with Crippen LogP contribution in [0.5, 0.6) is 5.75 Å². The molecular formula is C16H23BrO. The van der Waals surface area contributed by atoms with Gasteiger partial charge in [0.15, 0.2) is 0 Å². The van der Waals surface area contributed by atoms with Crippen LogP contribution in [0, 0.1) is 18.8 Å². The van der Waals surface area contributed by atoms with Crippen molar-refractivity contribution in [2.24, 2.45) is 11.8 Å². The maximum Gasteiger partial charge on any atom is 0.122 e. The Bertz CT molecular complexity index is 402. The SMILES string of the molecule is COc1ccc(C)cc1CC1CC(C)CCC1Br. The van der Waals surface area contributed by atoms with E-state index in [0.717, 1.165) is 24.0 Å². The number of rotatable bonds is 3. The Morgan fingerprint density at radius 1 is 1.33 bits per heavy atom. The fourth-order valence-electron chi connectivity index (χ4n) is 3.02. The third-order valence-electron chi connectivity index (χ3n) is 4.07. The van der Waals surface area contributed by atoms with Gasteiger partial charge in [-0.05, 0) is 56.1 Å². The van der Waals surface area contributed by atoms with E-state index >= 15 is 0 Å². The highest BCUT2D eigenvalue weighted by Crippen LogP contribution is 2.37. The Balaban J connectivity index is 2.14. The van der Waals surface area contributed by atoms with Gasteiger partial charge >= 0.3 is 0 Å². The van der Waals surface area contributed by atoms with Crippen molar-refractivity contribution in [3.05, 3.63) is 29.3 Å². The third-order valence-corrected chi connectivity index (χ3v) is 5.28. The molecule has 2 rings (SSSR count). The molecule has 1 aromatic carbocycles. The highest BCUT2D eigenvalue weighted by atomic mass is 79.9. The Hall–Kier alpha value is -0.500. The summed E-state index contributed by atoms with van der Waals surface area (Å²) in [6, 6.07) is 6.50. The highest BCUT2D eigenvalue weighted by molar-refractivity contribution is 9.09. The van der Waals surface area contributed by atoms with Crippen LogP contribution in [0.4, 0.5) is 0 Å². The molecule has 0 spiro atoms. The molecule has 2 heteroatoms. The zero-order valence-electron chi connectivity index (χ0n) is 11.6. The van der Waals surface area contributed by atoms with Crippen molar-refractivity contribution in [3.8, 4) is 5.75 Å². The first-order valence-electron chi connectivity index (χ1n) is 6.87. The van der Waals surface area contributed by atoms with E-state index in [-0.39, 0.29) is 0 Å². The molecule has 3 unspecified atom stereocenters. The fraction of sp³-hybridized carbons (Fsp3) is 0.625. The largest absolute Gasteiger partial charge is 0.496 e. The van der Waals surface area contributed by atoms with Gasteiger partial charge in [-0.2, -0.15) is 0 Å². The molecule has 0 aromatic heterocycles. The van der Waals surface area contributed by atoms with Crippen LogP contribution in [0.1, 0.15) is 37.3 Å². The van der Waals surface area contributed by atoms with Gasteiger partial charge in [-0.1, -0.05) is 40.5 Å². The van der Waals surface area contributed by atoms with Gasteiger partial charge in [0.2, 0.25) is 0 Å². The molecule has 1 aromatic rings. The number of aryl methyl sites for hydroxylation is 1. The molecule has 1 aliphatic carbocycles. The molecule has 1 nitrogen and oxygen atoms in total. The molecule has 1 saturated carbocycles. The smallest absolute Gasteiger partial charge is 0.122 e. The van der Waals surface area contributed by atoms with Crippen molar-refractivity contribution in [1.29, 1.82) is 0 Å². The molecular weight excluding hydrogens is 288 g/mol. The second-order valence-electron chi connectivity index (χ2n) is 5.71. The van der Waals surface area contributed by atoms with Gasteiger partial charge in [0.1, 0.15) is 5.75 Å². The lowest BCUT2D eigenvalue weighted by Crippen LogP contribution is -2.25. The van der Waals surface area contributed by atoms with Crippen LogP contribution in [-0.4, -0.2) is 11.9 Å². The van der Waals surface area contributed by atoms with E-state index in [2.05, 4.69) is 48.0 Å².